The molecule has 1 aromatic heterocycles. The number of benzene rings is 1. The van der Waals surface area contributed by atoms with Crippen molar-refractivity contribution in [2.24, 2.45) is 0 Å². The lowest BCUT2D eigenvalue weighted by Crippen LogP contribution is -2.20. The van der Waals surface area contributed by atoms with Gasteiger partial charge in [-0.3, -0.25) is 0 Å². The van der Waals surface area contributed by atoms with Crippen molar-refractivity contribution in [2.45, 2.75) is 23.7 Å². The zero-order chi connectivity index (χ0) is 14.4. The fourth-order valence-corrected chi connectivity index (χ4v) is 4.09. The minimum atomic E-state index is -0.364. The topological polar surface area (TPSA) is 23.5 Å². The minimum Gasteiger partial charge on any atom is -0.388 e. The SMILES string of the molecule is CCSc1ccc(C(O)CCN(C)c2ccccc2)s1. The Labute approximate surface area is 129 Å². The zero-order valence-electron chi connectivity index (χ0n) is 12.0. The minimum absolute atomic E-state index is 0.364. The van der Waals surface area contributed by atoms with E-state index in [0.717, 1.165) is 23.6 Å². The fourth-order valence-electron chi connectivity index (χ4n) is 2.00. The van der Waals surface area contributed by atoms with E-state index in [4.69, 9.17) is 0 Å². The molecule has 1 aromatic carbocycles. The van der Waals surface area contributed by atoms with Crippen molar-refractivity contribution >= 4 is 28.8 Å². The summed E-state index contributed by atoms with van der Waals surface area (Å²) in [4.78, 5) is 3.25. The Morgan fingerprint density at radius 1 is 1.20 bits per heavy atom. The van der Waals surface area contributed by atoms with Gasteiger partial charge >= 0.3 is 0 Å². The number of aliphatic hydroxyl groups is 1. The molecule has 0 spiro atoms. The van der Waals surface area contributed by atoms with Crippen LogP contribution in [-0.2, 0) is 0 Å². The molecule has 0 saturated carbocycles. The van der Waals surface area contributed by atoms with Crippen molar-refractivity contribution in [2.75, 3.05) is 24.2 Å². The van der Waals surface area contributed by atoms with Gasteiger partial charge in [-0.05, 0) is 36.4 Å². The highest BCUT2D eigenvalue weighted by atomic mass is 32.2. The third-order valence-corrected chi connectivity index (χ3v) is 5.45. The molecule has 0 bridgehead atoms. The van der Waals surface area contributed by atoms with Crippen molar-refractivity contribution < 1.29 is 5.11 Å². The number of aliphatic hydroxyl groups excluding tert-OH is 1. The van der Waals surface area contributed by atoms with Crippen LogP contribution in [0.25, 0.3) is 0 Å². The van der Waals surface area contributed by atoms with Crippen molar-refractivity contribution in [1.29, 1.82) is 0 Å². The van der Waals surface area contributed by atoms with E-state index >= 15 is 0 Å². The Morgan fingerprint density at radius 2 is 1.95 bits per heavy atom. The maximum atomic E-state index is 10.3. The summed E-state index contributed by atoms with van der Waals surface area (Å²) in [5.74, 6) is 1.08. The molecule has 0 saturated heterocycles. The molecule has 0 radical (unpaired) electrons. The fraction of sp³-hybridized carbons (Fsp3) is 0.375. The smallest absolute Gasteiger partial charge is 0.0899 e. The molecule has 0 fully saturated rings. The molecule has 4 heteroatoms. The summed E-state index contributed by atoms with van der Waals surface area (Å²) in [6.45, 7) is 2.99. The molecular formula is C16H21NOS2. The third-order valence-electron chi connectivity index (χ3n) is 3.15. The van der Waals surface area contributed by atoms with Gasteiger partial charge in [-0.15, -0.1) is 23.1 Å². The van der Waals surface area contributed by atoms with E-state index in [1.54, 1.807) is 11.3 Å². The molecule has 0 aliphatic heterocycles. The van der Waals surface area contributed by atoms with Gasteiger partial charge in [0.2, 0.25) is 0 Å². The Hall–Kier alpha value is -0.970. The van der Waals surface area contributed by atoms with Crippen LogP contribution >= 0.6 is 23.1 Å². The van der Waals surface area contributed by atoms with E-state index in [9.17, 15) is 5.11 Å². The maximum absolute atomic E-state index is 10.3. The van der Waals surface area contributed by atoms with Crippen LogP contribution in [0.3, 0.4) is 0 Å². The molecule has 2 aromatic rings. The molecule has 108 valence electrons. The number of hydrogen-bond acceptors (Lipinski definition) is 4. The lowest BCUT2D eigenvalue weighted by Gasteiger charge is -2.20. The zero-order valence-corrected chi connectivity index (χ0v) is 13.6. The molecule has 1 heterocycles. The Kier molecular flexibility index (Phi) is 5.95. The van der Waals surface area contributed by atoms with Crippen LogP contribution in [0.4, 0.5) is 5.69 Å². The van der Waals surface area contributed by atoms with Crippen molar-refractivity contribution in [3.8, 4) is 0 Å². The van der Waals surface area contributed by atoms with Gasteiger partial charge in [0.25, 0.3) is 0 Å². The van der Waals surface area contributed by atoms with Crippen LogP contribution in [0.1, 0.15) is 24.3 Å². The van der Waals surface area contributed by atoms with Gasteiger partial charge in [0.15, 0.2) is 0 Å². The normalized spacial score (nSPS) is 12.3. The maximum Gasteiger partial charge on any atom is 0.0899 e. The van der Waals surface area contributed by atoms with Crippen LogP contribution in [0, 0.1) is 0 Å². The number of thioether (sulfide) groups is 1. The number of anilines is 1. The van der Waals surface area contributed by atoms with Crippen molar-refractivity contribution in [3.63, 3.8) is 0 Å². The van der Waals surface area contributed by atoms with Crippen LogP contribution < -0.4 is 4.90 Å². The quantitative estimate of drug-likeness (QED) is 0.766. The van der Waals surface area contributed by atoms with Crippen molar-refractivity contribution in [1.82, 2.24) is 0 Å². The van der Waals surface area contributed by atoms with Gasteiger partial charge in [-0.25, -0.2) is 0 Å². The van der Waals surface area contributed by atoms with Gasteiger partial charge in [0, 0.05) is 24.2 Å². The molecule has 20 heavy (non-hydrogen) atoms. The second-order valence-electron chi connectivity index (χ2n) is 4.65. The number of rotatable bonds is 7. The summed E-state index contributed by atoms with van der Waals surface area (Å²) in [7, 11) is 2.06. The summed E-state index contributed by atoms with van der Waals surface area (Å²) in [5, 5.41) is 10.3. The summed E-state index contributed by atoms with van der Waals surface area (Å²) in [6, 6.07) is 14.4. The first-order valence-corrected chi connectivity index (χ1v) is 8.67. The van der Waals surface area contributed by atoms with E-state index in [0.29, 0.717) is 0 Å². The molecule has 1 atom stereocenters. The van der Waals surface area contributed by atoms with Crippen LogP contribution in [0.15, 0.2) is 46.7 Å². The average molecular weight is 307 g/mol. The summed E-state index contributed by atoms with van der Waals surface area (Å²) < 4.78 is 1.29. The number of nitrogens with zero attached hydrogens (tertiary/aromatic N) is 1. The monoisotopic (exact) mass is 307 g/mol. The van der Waals surface area contributed by atoms with E-state index in [-0.39, 0.29) is 6.10 Å². The van der Waals surface area contributed by atoms with Gasteiger partial charge in [0.05, 0.1) is 10.3 Å². The highest BCUT2D eigenvalue weighted by molar-refractivity contribution is 8.01. The lowest BCUT2D eigenvalue weighted by atomic mass is 10.2. The Bertz CT molecular complexity index is 512. The van der Waals surface area contributed by atoms with Gasteiger partial charge in [0.1, 0.15) is 0 Å². The summed E-state index contributed by atoms with van der Waals surface area (Å²) in [5.41, 5.74) is 1.19. The predicted octanol–water partition coefficient (Wildman–Crippen LogP) is 4.42. The summed E-state index contributed by atoms with van der Waals surface area (Å²) in [6.07, 6.45) is 0.389. The highest BCUT2D eigenvalue weighted by Gasteiger charge is 2.12. The largest absolute Gasteiger partial charge is 0.388 e. The molecular weight excluding hydrogens is 286 g/mol. The van der Waals surface area contributed by atoms with E-state index in [1.807, 2.05) is 30.0 Å². The molecule has 2 nitrogen and oxygen atoms in total. The summed E-state index contributed by atoms with van der Waals surface area (Å²) >= 11 is 3.54. The Balaban J connectivity index is 1.86. The molecule has 0 amide bonds. The number of thiophene rings is 1. The van der Waals surface area contributed by atoms with Crippen LogP contribution in [-0.4, -0.2) is 24.5 Å². The molecule has 1 N–H and O–H groups in total. The number of para-hydroxylation sites is 1. The molecule has 1 unspecified atom stereocenters. The second kappa shape index (κ2) is 7.72. The molecule has 0 aliphatic carbocycles. The second-order valence-corrected chi connectivity index (χ2v) is 7.33. The van der Waals surface area contributed by atoms with E-state index < -0.39 is 0 Å². The first-order valence-electron chi connectivity index (χ1n) is 6.87. The van der Waals surface area contributed by atoms with Crippen molar-refractivity contribution in [3.05, 3.63) is 47.3 Å². The van der Waals surface area contributed by atoms with E-state index in [1.165, 1.54) is 9.90 Å². The van der Waals surface area contributed by atoms with Gasteiger partial charge in [-0.2, -0.15) is 0 Å². The lowest BCUT2D eigenvalue weighted by molar-refractivity contribution is 0.173. The molecule has 2 rings (SSSR count). The standard InChI is InChI=1S/C16H21NOS2/c1-3-19-16-10-9-15(20-16)14(18)11-12-17(2)13-7-5-4-6-8-13/h4-10,14,18H,3,11-12H2,1-2H3. The van der Waals surface area contributed by atoms with E-state index in [2.05, 4.69) is 43.1 Å². The molecule has 0 aliphatic rings. The average Bonchev–Trinajstić information content (AvgIpc) is 2.94. The highest BCUT2D eigenvalue weighted by Crippen LogP contribution is 2.32. The third kappa shape index (κ3) is 4.27. The van der Waals surface area contributed by atoms with Crippen LogP contribution in [0.5, 0.6) is 0 Å². The Morgan fingerprint density at radius 3 is 2.65 bits per heavy atom. The van der Waals surface area contributed by atoms with Crippen LogP contribution in [0.2, 0.25) is 0 Å². The van der Waals surface area contributed by atoms with Gasteiger partial charge < -0.3 is 10.0 Å². The predicted molar refractivity (Wildman–Crippen MR) is 90.0 cm³/mol. The first-order chi connectivity index (χ1) is 9.70. The number of hydrogen-bond donors (Lipinski definition) is 1. The van der Waals surface area contributed by atoms with Gasteiger partial charge in [-0.1, -0.05) is 25.1 Å². The first kappa shape index (κ1) is 15.4.